The lowest BCUT2D eigenvalue weighted by molar-refractivity contribution is 0.0529. The maximum atomic E-state index is 12.8. The third kappa shape index (κ3) is 4.66. The second-order valence-corrected chi connectivity index (χ2v) is 7.46. The fourth-order valence-corrected chi connectivity index (χ4v) is 4.11. The topological polar surface area (TPSA) is 64.6 Å². The molecule has 0 unspecified atom stereocenters. The second-order valence-electron chi connectivity index (χ2n) is 6.24. The van der Waals surface area contributed by atoms with Crippen LogP contribution < -0.4 is 10.1 Å². The summed E-state index contributed by atoms with van der Waals surface area (Å²) in [5, 5.41) is 3.37. The number of hydrogen-bond acceptors (Lipinski definition) is 5. The van der Waals surface area contributed by atoms with Gasteiger partial charge < -0.3 is 14.8 Å². The zero-order chi connectivity index (χ0) is 20.8. The number of amides is 1. The van der Waals surface area contributed by atoms with Crippen molar-refractivity contribution in [3.63, 3.8) is 0 Å². The van der Waals surface area contributed by atoms with Gasteiger partial charge in [0.25, 0.3) is 5.91 Å². The van der Waals surface area contributed by atoms with Gasteiger partial charge in [-0.25, -0.2) is 4.79 Å². The number of carbonyl (C=O) groups excluding carboxylic acids is 2. The maximum Gasteiger partial charge on any atom is 0.341 e. The Morgan fingerprint density at radius 3 is 2.45 bits per heavy atom. The van der Waals surface area contributed by atoms with Crippen LogP contribution >= 0.6 is 11.3 Å². The van der Waals surface area contributed by atoms with Gasteiger partial charge in [0, 0.05) is 16.0 Å². The van der Waals surface area contributed by atoms with Crippen LogP contribution in [-0.4, -0.2) is 25.1 Å². The van der Waals surface area contributed by atoms with Crippen LogP contribution in [0.3, 0.4) is 0 Å². The largest absolute Gasteiger partial charge is 0.494 e. The Bertz CT molecular complexity index is 1010. The first kappa shape index (κ1) is 20.6. The lowest BCUT2D eigenvalue weighted by Crippen LogP contribution is -2.15. The summed E-state index contributed by atoms with van der Waals surface area (Å²) in [6.45, 7) is 6.35. The molecule has 0 aliphatic heterocycles. The average Bonchev–Trinajstić information content (AvgIpc) is 3.05. The molecule has 5 nitrogen and oxygen atoms in total. The first-order valence-electron chi connectivity index (χ1n) is 9.45. The molecule has 0 atom stereocenters. The number of aryl methyl sites for hydroxylation is 1. The number of hydrogen-bond donors (Lipinski definition) is 1. The van der Waals surface area contributed by atoms with Gasteiger partial charge >= 0.3 is 5.97 Å². The molecule has 2 aromatic carbocycles. The molecule has 0 saturated heterocycles. The minimum absolute atomic E-state index is 0.256. The van der Waals surface area contributed by atoms with Crippen LogP contribution in [0.15, 0.2) is 54.6 Å². The lowest BCUT2D eigenvalue weighted by atomic mass is 10.0. The minimum Gasteiger partial charge on any atom is -0.494 e. The zero-order valence-electron chi connectivity index (χ0n) is 16.7. The molecule has 29 heavy (non-hydrogen) atoms. The highest BCUT2D eigenvalue weighted by Crippen LogP contribution is 2.40. The summed E-state index contributed by atoms with van der Waals surface area (Å²) in [6, 6.07) is 16.6. The van der Waals surface area contributed by atoms with Crippen molar-refractivity contribution < 1.29 is 19.1 Å². The molecule has 1 N–H and O–H groups in total. The fraction of sp³-hybridized carbons (Fsp3) is 0.217. The van der Waals surface area contributed by atoms with Crippen molar-refractivity contribution in [1.82, 2.24) is 0 Å². The van der Waals surface area contributed by atoms with E-state index in [0.717, 1.165) is 16.0 Å². The van der Waals surface area contributed by atoms with Gasteiger partial charge in [0.05, 0.1) is 13.2 Å². The van der Waals surface area contributed by atoms with Crippen LogP contribution in [0.2, 0.25) is 0 Å². The summed E-state index contributed by atoms with van der Waals surface area (Å²) >= 11 is 1.36. The molecule has 1 heterocycles. The third-order valence-corrected chi connectivity index (χ3v) is 5.28. The number of rotatable bonds is 7. The molecule has 3 aromatic rings. The summed E-state index contributed by atoms with van der Waals surface area (Å²) in [6.07, 6.45) is 0. The summed E-state index contributed by atoms with van der Waals surface area (Å²) in [5.74, 6) is -0.134. The van der Waals surface area contributed by atoms with Crippen molar-refractivity contribution in [3.8, 4) is 16.9 Å². The first-order valence-corrected chi connectivity index (χ1v) is 10.3. The molecule has 0 aliphatic rings. The number of esters is 1. The third-order valence-electron chi connectivity index (χ3n) is 4.26. The van der Waals surface area contributed by atoms with E-state index < -0.39 is 5.97 Å². The molecule has 150 valence electrons. The van der Waals surface area contributed by atoms with E-state index in [0.29, 0.717) is 28.5 Å². The highest BCUT2D eigenvalue weighted by atomic mass is 32.1. The van der Waals surface area contributed by atoms with Crippen LogP contribution in [0.5, 0.6) is 5.75 Å². The normalized spacial score (nSPS) is 10.4. The highest BCUT2D eigenvalue weighted by molar-refractivity contribution is 7.17. The molecule has 3 rings (SSSR count). The summed E-state index contributed by atoms with van der Waals surface area (Å²) in [4.78, 5) is 26.5. The molecule has 0 aliphatic carbocycles. The number of thiophene rings is 1. The smallest absolute Gasteiger partial charge is 0.341 e. The van der Waals surface area contributed by atoms with Gasteiger partial charge in [-0.15, -0.1) is 11.3 Å². The van der Waals surface area contributed by atoms with E-state index in [9.17, 15) is 9.59 Å². The van der Waals surface area contributed by atoms with Gasteiger partial charge in [-0.2, -0.15) is 0 Å². The molecule has 1 amide bonds. The van der Waals surface area contributed by atoms with Crippen LogP contribution in [-0.2, 0) is 4.74 Å². The molecule has 0 spiro atoms. The molecule has 0 bridgehead atoms. The average molecular weight is 410 g/mol. The molecule has 0 radical (unpaired) electrons. The molecule has 1 aromatic heterocycles. The number of anilines is 1. The summed E-state index contributed by atoms with van der Waals surface area (Å²) in [7, 11) is 0. The minimum atomic E-state index is -0.450. The molecule has 6 heteroatoms. The number of ether oxygens (including phenoxy) is 2. The monoisotopic (exact) mass is 409 g/mol. The fourth-order valence-electron chi connectivity index (χ4n) is 3.05. The van der Waals surface area contributed by atoms with Gasteiger partial charge in [-0.3, -0.25) is 4.79 Å². The number of nitrogens with one attached hydrogen (secondary N) is 1. The van der Waals surface area contributed by atoms with Gasteiger partial charge in [0.2, 0.25) is 0 Å². The van der Waals surface area contributed by atoms with Crippen molar-refractivity contribution in [2.24, 2.45) is 0 Å². The van der Waals surface area contributed by atoms with Gasteiger partial charge in [-0.1, -0.05) is 36.4 Å². The number of carbonyl (C=O) groups is 2. The first-order chi connectivity index (χ1) is 14.0. The second kappa shape index (κ2) is 9.39. The maximum absolute atomic E-state index is 12.8. The Balaban J connectivity index is 2.00. The van der Waals surface area contributed by atoms with E-state index in [-0.39, 0.29) is 12.5 Å². The molecule has 0 fully saturated rings. The van der Waals surface area contributed by atoms with Crippen LogP contribution in [0.25, 0.3) is 11.1 Å². The SMILES string of the molecule is CCOC(=O)c1c(NC(=O)c2cccc(OCC)c2)sc(C)c1-c1ccccc1. The van der Waals surface area contributed by atoms with E-state index >= 15 is 0 Å². The van der Waals surface area contributed by atoms with Crippen molar-refractivity contribution >= 4 is 28.2 Å². The Hall–Kier alpha value is -3.12. The van der Waals surface area contributed by atoms with E-state index in [1.54, 1.807) is 31.2 Å². The molecular formula is C23H23NO4S. The Morgan fingerprint density at radius 2 is 1.76 bits per heavy atom. The van der Waals surface area contributed by atoms with E-state index in [2.05, 4.69) is 5.32 Å². The summed E-state index contributed by atoms with van der Waals surface area (Å²) < 4.78 is 10.7. The van der Waals surface area contributed by atoms with Crippen LogP contribution in [0.4, 0.5) is 5.00 Å². The predicted molar refractivity (Wildman–Crippen MR) is 116 cm³/mol. The number of benzene rings is 2. The summed E-state index contributed by atoms with van der Waals surface area (Å²) in [5.41, 5.74) is 2.53. The zero-order valence-corrected chi connectivity index (χ0v) is 17.5. The Morgan fingerprint density at radius 1 is 1.00 bits per heavy atom. The van der Waals surface area contributed by atoms with Crippen LogP contribution in [0.1, 0.15) is 39.4 Å². The van der Waals surface area contributed by atoms with E-state index in [4.69, 9.17) is 9.47 Å². The molecule has 0 saturated carbocycles. The van der Waals surface area contributed by atoms with Gasteiger partial charge in [0.15, 0.2) is 0 Å². The van der Waals surface area contributed by atoms with E-state index in [1.165, 1.54) is 11.3 Å². The lowest BCUT2D eigenvalue weighted by Gasteiger charge is -2.10. The highest BCUT2D eigenvalue weighted by Gasteiger charge is 2.25. The Kier molecular flexibility index (Phi) is 6.67. The van der Waals surface area contributed by atoms with Crippen molar-refractivity contribution in [1.29, 1.82) is 0 Å². The molecular weight excluding hydrogens is 386 g/mol. The Labute approximate surface area is 174 Å². The van der Waals surface area contributed by atoms with Crippen molar-refractivity contribution in [3.05, 3.63) is 70.6 Å². The van der Waals surface area contributed by atoms with Gasteiger partial charge in [0.1, 0.15) is 16.3 Å². The quantitative estimate of drug-likeness (QED) is 0.520. The van der Waals surface area contributed by atoms with E-state index in [1.807, 2.05) is 44.2 Å². The van der Waals surface area contributed by atoms with Crippen molar-refractivity contribution in [2.75, 3.05) is 18.5 Å². The van der Waals surface area contributed by atoms with Crippen molar-refractivity contribution in [2.45, 2.75) is 20.8 Å². The predicted octanol–water partition coefficient (Wildman–Crippen LogP) is 5.55. The van der Waals surface area contributed by atoms with Crippen LogP contribution in [0, 0.1) is 6.92 Å². The standard InChI is InChI=1S/C23H23NO4S/c1-4-27-18-13-9-12-17(14-18)21(25)24-22-20(23(26)28-5-2)19(15(3)29-22)16-10-7-6-8-11-16/h6-14H,4-5H2,1-3H3,(H,24,25). The van der Waals surface area contributed by atoms with Gasteiger partial charge in [-0.05, 0) is 44.5 Å².